The van der Waals surface area contributed by atoms with Crippen LogP contribution in [0.5, 0.6) is 0 Å². The minimum absolute atomic E-state index is 0.00887. The third-order valence-electron chi connectivity index (χ3n) is 3.35. The van der Waals surface area contributed by atoms with Crippen LogP contribution in [-0.2, 0) is 11.3 Å². The molecule has 1 aliphatic rings. The van der Waals surface area contributed by atoms with Crippen molar-refractivity contribution < 1.29 is 4.79 Å². The Balaban J connectivity index is 2.02. The Morgan fingerprint density at radius 2 is 2.37 bits per heavy atom. The van der Waals surface area contributed by atoms with Crippen LogP contribution in [0.3, 0.4) is 0 Å². The molecular weight excluding hydrogens is 262 g/mol. The molecule has 19 heavy (non-hydrogen) atoms. The molecule has 0 bridgehead atoms. The maximum Gasteiger partial charge on any atom is 0.240 e. The molecule has 6 nitrogen and oxygen atoms in total. The maximum absolute atomic E-state index is 12.4. The molecule has 0 aliphatic carbocycles. The van der Waals surface area contributed by atoms with E-state index < -0.39 is 0 Å². The van der Waals surface area contributed by atoms with E-state index in [-0.39, 0.29) is 11.9 Å². The maximum atomic E-state index is 12.4. The van der Waals surface area contributed by atoms with Crippen LogP contribution in [0.15, 0.2) is 6.33 Å². The topological polar surface area (TPSA) is 54.3 Å². The first-order valence-corrected chi connectivity index (χ1v) is 7.57. The first-order chi connectivity index (χ1) is 9.00. The van der Waals surface area contributed by atoms with E-state index in [2.05, 4.69) is 28.9 Å². The highest BCUT2D eigenvalue weighted by Crippen LogP contribution is 2.20. The number of thioether (sulfide) groups is 1. The summed E-state index contributed by atoms with van der Waals surface area (Å²) in [5.41, 5.74) is 0. The number of carbonyl (C=O) groups is 1. The van der Waals surface area contributed by atoms with Gasteiger partial charge in [0.2, 0.25) is 5.91 Å². The van der Waals surface area contributed by atoms with Crippen molar-refractivity contribution in [2.24, 2.45) is 0 Å². The van der Waals surface area contributed by atoms with Gasteiger partial charge in [-0.15, -0.1) is 22.0 Å². The molecular formula is C12H21N5OS. The second kappa shape index (κ2) is 5.92. The summed E-state index contributed by atoms with van der Waals surface area (Å²) in [7, 11) is 3.82. The summed E-state index contributed by atoms with van der Waals surface area (Å²) in [5, 5.41) is 8.03. The van der Waals surface area contributed by atoms with Gasteiger partial charge in [0.15, 0.2) is 5.82 Å². The zero-order valence-electron chi connectivity index (χ0n) is 11.9. The Bertz CT molecular complexity index is 447. The SMILES string of the molecule is CC(C)n1cnnc1CN(C)C(=O)[C@@H]1CSCN1C. The Morgan fingerprint density at radius 1 is 1.63 bits per heavy atom. The third kappa shape index (κ3) is 3.09. The number of amides is 1. The van der Waals surface area contributed by atoms with E-state index in [4.69, 9.17) is 0 Å². The molecule has 106 valence electrons. The molecule has 1 fully saturated rings. The van der Waals surface area contributed by atoms with Gasteiger partial charge in [-0.2, -0.15) is 0 Å². The number of carbonyl (C=O) groups excluding carboxylic acids is 1. The molecule has 0 unspecified atom stereocenters. The molecule has 1 amide bonds. The van der Waals surface area contributed by atoms with Gasteiger partial charge in [0.1, 0.15) is 6.33 Å². The zero-order valence-corrected chi connectivity index (χ0v) is 12.7. The van der Waals surface area contributed by atoms with Gasteiger partial charge in [0.25, 0.3) is 0 Å². The summed E-state index contributed by atoms with van der Waals surface area (Å²) in [6, 6.07) is 0.295. The van der Waals surface area contributed by atoms with Crippen LogP contribution in [0.4, 0.5) is 0 Å². The number of rotatable bonds is 4. The molecule has 7 heteroatoms. The summed E-state index contributed by atoms with van der Waals surface area (Å²) < 4.78 is 2.00. The Morgan fingerprint density at radius 3 is 2.95 bits per heavy atom. The predicted octanol–water partition coefficient (Wildman–Crippen LogP) is 0.822. The monoisotopic (exact) mass is 283 g/mol. The molecule has 1 aliphatic heterocycles. The van der Waals surface area contributed by atoms with Crippen LogP contribution in [0.1, 0.15) is 25.7 Å². The molecule has 0 spiro atoms. The standard InChI is InChI=1S/C12H21N5OS/c1-9(2)17-7-13-14-11(17)5-15(3)12(18)10-6-19-8-16(10)4/h7,9-10H,5-6,8H2,1-4H3/t10-/m0/s1. The van der Waals surface area contributed by atoms with Gasteiger partial charge in [0, 0.05) is 24.7 Å². The summed E-state index contributed by atoms with van der Waals surface area (Å²) >= 11 is 1.80. The van der Waals surface area contributed by atoms with E-state index in [1.807, 2.05) is 18.7 Å². The Labute approximate surface area is 118 Å². The van der Waals surface area contributed by atoms with Crippen molar-refractivity contribution in [2.75, 3.05) is 25.7 Å². The van der Waals surface area contributed by atoms with Crippen LogP contribution < -0.4 is 0 Å². The van der Waals surface area contributed by atoms with E-state index in [0.717, 1.165) is 17.5 Å². The number of likely N-dealkylation sites (N-methyl/N-ethyl adjacent to an activating group) is 2. The fourth-order valence-electron chi connectivity index (χ4n) is 2.14. The number of hydrogen-bond donors (Lipinski definition) is 0. The highest BCUT2D eigenvalue weighted by Gasteiger charge is 2.31. The van der Waals surface area contributed by atoms with Gasteiger partial charge in [-0.3, -0.25) is 9.69 Å². The average Bonchev–Trinajstić information content (AvgIpc) is 2.96. The molecule has 0 N–H and O–H groups in total. The largest absolute Gasteiger partial charge is 0.337 e. The van der Waals surface area contributed by atoms with Gasteiger partial charge in [-0.05, 0) is 20.9 Å². The number of aromatic nitrogens is 3. The van der Waals surface area contributed by atoms with Crippen molar-refractivity contribution in [1.82, 2.24) is 24.6 Å². The van der Waals surface area contributed by atoms with Crippen LogP contribution in [0.2, 0.25) is 0 Å². The summed E-state index contributed by atoms with van der Waals surface area (Å²) in [5.74, 6) is 2.79. The third-order valence-corrected chi connectivity index (χ3v) is 4.49. The minimum atomic E-state index is -0.00887. The van der Waals surface area contributed by atoms with Crippen LogP contribution >= 0.6 is 11.8 Å². The molecule has 1 atom stereocenters. The lowest BCUT2D eigenvalue weighted by Crippen LogP contribution is -2.43. The second-order valence-corrected chi connectivity index (χ2v) is 6.21. The Hall–Kier alpha value is -1.08. The average molecular weight is 283 g/mol. The van der Waals surface area contributed by atoms with Crippen molar-refractivity contribution >= 4 is 17.7 Å². The van der Waals surface area contributed by atoms with Crippen molar-refractivity contribution in [3.8, 4) is 0 Å². The van der Waals surface area contributed by atoms with Crippen molar-refractivity contribution in [2.45, 2.75) is 32.5 Å². The fraction of sp³-hybridized carbons (Fsp3) is 0.750. The first-order valence-electron chi connectivity index (χ1n) is 6.42. The van der Waals surface area contributed by atoms with Crippen LogP contribution in [0, 0.1) is 0 Å². The van der Waals surface area contributed by atoms with Crippen molar-refractivity contribution in [3.63, 3.8) is 0 Å². The summed E-state index contributed by atoms with van der Waals surface area (Å²) in [6.07, 6.45) is 1.72. The van der Waals surface area contributed by atoms with Gasteiger partial charge in [-0.25, -0.2) is 0 Å². The van der Waals surface area contributed by atoms with Crippen molar-refractivity contribution in [3.05, 3.63) is 12.2 Å². The number of hydrogen-bond acceptors (Lipinski definition) is 5. The lowest BCUT2D eigenvalue weighted by atomic mass is 10.2. The van der Waals surface area contributed by atoms with Crippen LogP contribution in [0.25, 0.3) is 0 Å². The van der Waals surface area contributed by atoms with E-state index >= 15 is 0 Å². The van der Waals surface area contributed by atoms with Gasteiger partial charge < -0.3 is 9.47 Å². The Kier molecular flexibility index (Phi) is 4.46. The lowest BCUT2D eigenvalue weighted by Gasteiger charge is -2.24. The summed E-state index contributed by atoms with van der Waals surface area (Å²) in [6.45, 7) is 4.66. The molecule has 1 aromatic heterocycles. The number of nitrogens with zero attached hydrogens (tertiary/aromatic N) is 5. The van der Waals surface area contributed by atoms with E-state index in [1.165, 1.54) is 0 Å². The van der Waals surface area contributed by atoms with Crippen LogP contribution in [-0.4, -0.2) is 62.2 Å². The second-order valence-electron chi connectivity index (χ2n) is 5.22. The highest BCUT2D eigenvalue weighted by atomic mass is 32.2. The molecule has 2 rings (SSSR count). The molecule has 1 saturated heterocycles. The van der Waals surface area contributed by atoms with Gasteiger partial charge in [-0.1, -0.05) is 0 Å². The predicted molar refractivity (Wildman–Crippen MR) is 75.8 cm³/mol. The summed E-state index contributed by atoms with van der Waals surface area (Å²) in [4.78, 5) is 16.2. The van der Waals surface area contributed by atoms with E-state index in [9.17, 15) is 4.79 Å². The zero-order chi connectivity index (χ0) is 14.0. The molecule has 0 saturated carbocycles. The molecule has 1 aromatic rings. The highest BCUT2D eigenvalue weighted by molar-refractivity contribution is 7.99. The normalized spacial score (nSPS) is 20.2. The van der Waals surface area contributed by atoms with Gasteiger partial charge >= 0.3 is 0 Å². The molecule has 0 radical (unpaired) electrons. The van der Waals surface area contributed by atoms with Crippen molar-refractivity contribution in [1.29, 1.82) is 0 Å². The van der Waals surface area contributed by atoms with Gasteiger partial charge in [0.05, 0.1) is 12.6 Å². The quantitative estimate of drug-likeness (QED) is 0.819. The molecule has 2 heterocycles. The molecule has 0 aromatic carbocycles. The smallest absolute Gasteiger partial charge is 0.240 e. The minimum Gasteiger partial charge on any atom is -0.337 e. The lowest BCUT2D eigenvalue weighted by molar-refractivity contribution is -0.134. The first kappa shape index (κ1) is 14.3. The van der Waals surface area contributed by atoms with E-state index in [0.29, 0.717) is 12.6 Å². The fourth-order valence-corrected chi connectivity index (χ4v) is 3.33. The van der Waals surface area contributed by atoms with E-state index in [1.54, 1.807) is 23.0 Å².